The minimum atomic E-state index is -1.40. The van der Waals surface area contributed by atoms with Gasteiger partial charge in [0.25, 0.3) is 11.8 Å². The molecule has 8 nitrogen and oxygen atoms in total. The molecule has 0 aliphatic carbocycles. The van der Waals surface area contributed by atoms with Crippen LogP contribution in [0.2, 0.25) is 0 Å². The second-order valence-electron chi connectivity index (χ2n) is 5.67. The molecule has 0 saturated heterocycles. The van der Waals surface area contributed by atoms with Crippen LogP contribution in [0.25, 0.3) is 0 Å². The standard InChI is InChI=1S/C19H18N2O6/c1-3-26-19(24)15-16-13(9-10-14(20-16)25-2)17(22)21(18(15)23)27-11-12-7-5-4-6-8-12/h4-10,15H,3,11H2,1-2H3. The first-order valence-corrected chi connectivity index (χ1v) is 8.33. The zero-order valence-electron chi connectivity index (χ0n) is 14.9. The number of hydroxylamine groups is 2. The van der Waals surface area contributed by atoms with Crippen LogP contribution in [0.1, 0.15) is 34.5 Å². The third kappa shape index (κ3) is 3.65. The van der Waals surface area contributed by atoms with Crippen molar-refractivity contribution in [3.05, 3.63) is 59.3 Å². The lowest BCUT2D eigenvalue weighted by Gasteiger charge is -2.29. The molecule has 27 heavy (non-hydrogen) atoms. The van der Waals surface area contributed by atoms with Gasteiger partial charge < -0.3 is 9.47 Å². The van der Waals surface area contributed by atoms with Crippen molar-refractivity contribution in [2.24, 2.45) is 0 Å². The van der Waals surface area contributed by atoms with E-state index >= 15 is 0 Å². The molecule has 1 aliphatic rings. The number of benzene rings is 1. The van der Waals surface area contributed by atoms with Crippen LogP contribution in [0.4, 0.5) is 0 Å². The fourth-order valence-electron chi connectivity index (χ4n) is 2.69. The quantitative estimate of drug-likeness (QED) is 0.435. The number of fused-ring (bicyclic) bond motifs is 1. The van der Waals surface area contributed by atoms with Crippen LogP contribution >= 0.6 is 0 Å². The van der Waals surface area contributed by atoms with Crippen molar-refractivity contribution in [1.82, 2.24) is 10.0 Å². The number of aromatic nitrogens is 1. The molecule has 1 unspecified atom stereocenters. The van der Waals surface area contributed by atoms with Crippen LogP contribution in [-0.2, 0) is 25.8 Å². The molecule has 3 rings (SSSR count). The van der Waals surface area contributed by atoms with Crippen LogP contribution in [-0.4, -0.2) is 41.5 Å². The topological polar surface area (TPSA) is 95.0 Å². The molecular formula is C19H18N2O6. The largest absolute Gasteiger partial charge is 0.481 e. The Hall–Kier alpha value is -3.26. The van der Waals surface area contributed by atoms with Gasteiger partial charge in [-0.25, -0.2) is 4.98 Å². The maximum Gasteiger partial charge on any atom is 0.324 e. The van der Waals surface area contributed by atoms with E-state index in [2.05, 4.69) is 4.98 Å². The van der Waals surface area contributed by atoms with E-state index in [4.69, 9.17) is 14.3 Å². The normalized spacial score (nSPS) is 16.1. The van der Waals surface area contributed by atoms with Crippen molar-refractivity contribution in [3.8, 4) is 5.88 Å². The molecule has 1 aromatic carbocycles. The fourth-order valence-corrected chi connectivity index (χ4v) is 2.69. The number of methoxy groups -OCH3 is 1. The Kier molecular flexibility index (Phi) is 5.46. The number of nitrogens with zero attached hydrogens (tertiary/aromatic N) is 2. The summed E-state index contributed by atoms with van der Waals surface area (Å²) in [6.07, 6.45) is 0. The molecule has 1 atom stereocenters. The van der Waals surface area contributed by atoms with Crippen LogP contribution in [0, 0.1) is 0 Å². The van der Waals surface area contributed by atoms with Crippen molar-refractivity contribution in [2.75, 3.05) is 13.7 Å². The molecule has 0 bridgehead atoms. The summed E-state index contributed by atoms with van der Waals surface area (Å²) >= 11 is 0. The van der Waals surface area contributed by atoms with Gasteiger partial charge in [-0.15, -0.1) is 5.06 Å². The van der Waals surface area contributed by atoms with E-state index in [0.29, 0.717) is 5.06 Å². The predicted octanol–water partition coefficient (Wildman–Crippen LogP) is 1.85. The number of rotatable bonds is 6. The number of hydrogen-bond acceptors (Lipinski definition) is 7. The Morgan fingerprint density at radius 1 is 1.15 bits per heavy atom. The van der Waals surface area contributed by atoms with Crippen LogP contribution < -0.4 is 4.74 Å². The van der Waals surface area contributed by atoms with Crippen molar-refractivity contribution in [3.63, 3.8) is 0 Å². The summed E-state index contributed by atoms with van der Waals surface area (Å²) in [5, 5.41) is 0.602. The lowest BCUT2D eigenvalue weighted by atomic mass is 9.94. The van der Waals surface area contributed by atoms with Gasteiger partial charge in [-0.1, -0.05) is 30.3 Å². The van der Waals surface area contributed by atoms with E-state index in [1.165, 1.54) is 19.2 Å². The molecule has 140 valence electrons. The maximum atomic E-state index is 12.8. The Morgan fingerprint density at radius 3 is 2.56 bits per heavy atom. The van der Waals surface area contributed by atoms with Gasteiger partial charge in [0.05, 0.1) is 25.0 Å². The van der Waals surface area contributed by atoms with E-state index in [-0.39, 0.29) is 30.4 Å². The Balaban J connectivity index is 1.95. The number of carbonyl (C=O) groups excluding carboxylic acids is 3. The van der Waals surface area contributed by atoms with Gasteiger partial charge >= 0.3 is 5.97 Å². The second-order valence-corrected chi connectivity index (χ2v) is 5.67. The van der Waals surface area contributed by atoms with Gasteiger partial charge in [0.2, 0.25) is 5.88 Å². The van der Waals surface area contributed by atoms with Gasteiger partial charge in [0.1, 0.15) is 6.61 Å². The van der Waals surface area contributed by atoms with Crippen molar-refractivity contribution in [2.45, 2.75) is 19.4 Å². The Morgan fingerprint density at radius 2 is 1.89 bits per heavy atom. The summed E-state index contributed by atoms with van der Waals surface area (Å²) in [4.78, 5) is 47.5. The number of amides is 2. The number of esters is 1. The summed E-state index contributed by atoms with van der Waals surface area (Å²) in [6.45, 7) is 1.70. The molecule has 2 amide bonds. The zero-order chi connectivity index (χ0) is 19.4. The number of ether oxygens (including phenoxy) is 2. The van der Waals surface area contributed by atoms with E-state index in [9.17, 15) is 14.4 Å². The highest BCUT2D eigenvalue weighted by atomic mass is 16.7. The van der Waals surface area contributed by atoms with E-state index in [1.54, 1.807) is 19.1 Å². The molecule has 0 saturated carbocycles. The maximum absolute atomic E-state index is 12.8. The zero-order valence-corrected chi connectivity index (χ0v) is 14.9. The molecule has 0 N–H and O–H groups in total. The summed E-state index contributed by atoms with van der Waals surface area (Å²) in [5.74, 6) is -3.56. The number of carbonyl (C=O) groups is 3. The molecule has 8 heteroatoms. The van der Waals surface area contributed by atoms with Crippen molar-refractivity contribution in [1.29, 1.82) is 0 Å². The lowest BCUT2D eigenvalue weighted by Crippen LogP contribution is -2.47. The molecule has 1 aliphatic heterocycles. The fraction of sp³-hybridized carbons (Fsp3) is 0.263. The summed E-state index contributed by atoms with van der Waals surface area (Å²) in [5.41, 5.74) is 0.855. The first-order chi connectivity index (χ1) is 13.1. The van der Waals surface area contributed by atoms with Gasteiger partial charge in [0, 0.05) is 6.07 Å². The highest BCUT2D eigenvalue weighted by Crippen LogP contribution is 2.31. The first-order valence-electron chi connectivity index (χ1n) is 8.33. The second kappa shape index (κ2) is 7.96. The number of hydrogen-bond donors (Lipinski definition) is 0. The van der Waals surface area contributed by atoms with Crippen LogP contribution in [0.5, 0.6) is 5.88 Å². The Labute approximate surface area is 155 Å². The van der Waals surface area contributed by atoms with Crippen molar-refractivity contribution >= 4 is 17.8 Å². The van der Waals surface area contributed by atoms with Crippen LogP contribution in [0.15, 0.2) is 42.5 Å². The minimum Gasteiger partial charge on any atom is -0.481 e. The van der Waals surface area contributed by atoms with Gasteiger partial charge in [-0.2, -0.15) is 0 Å². The highest BCUT2D eigenvalue weighted by molar-refractivity contribution is 6.16. The van der Waals surface area contributed by atoms with Crippen molar-refractivity contribution < 1.29 is 28.7 Å². The third-order valence-corrected chi connectivity index (χ3v) is 3.97. The van der Waals surface area contributed by atoms with Crippen LogP contribution in [0.3, 0.4) is 0 Å². The van der Waals surface area contributed by atoms with Gasteiger partial charge in [-0.3, -0.25) is 19.2 Å². The minimum absolute atomic E-state index is 0.00219. The summed E-state index contributed by atoms with van der Waals surface area (Å²) in [7, 11) is 1.40. The highest BCUT2D eigenvalue weighted by Gasteiger charge is 2.46. The molecular weight excluding hydrogens is 352 g/mol. The Bertz CT molecular complexity index is 868. The number of imide groups is 1. The average molecular weight is 370 g/mol. The molecule has 1 aromatic heterocycles. The van der Waals surface area contributed by atoms with E-state index in [0.717, 1.165) is 5.56 Å². The third-order valence-electron chi connectivity index (χ3n) is 3.97. The SMILES string of the molecule is CCOC(=O)C1C(=O)N(OCc2ccccc2)C(=O)c2ccc(OC)nc21. The smallest absolute Gasteiger partial charge is 0.324 e. The molecule has 2 heterocycles. The summed E-state index contributed by atoms with van der Waals surface area (Å²) < 4.78 is 10.0. The summed E-state index contributed by atoms with van der Waals surface area (Å²) in [6, 6.07) is 12.0. The van der Waals surface area contributed by atoms with Gasteiger partial charge in [0.15, 0.2) is 5.92 Å². The molecule has 0 fully saturated rings. The molecule has 0 radical (unpaired) electrons. The first kappa shape index (κ1) is 18.5. The average Bonchev–Trinajstić information content (AvgIpc) is 2.68. The lowest BCUT2D eigenvalue weighted by molar-refractivity contribution is -0.180. The monoisotopic (exact) mass is 370 g/mol. The molecule has 2 aromatic rings. The van der Waals surface area contributed by atoms with E-state index in [1.807, 2.05) is 18.2 Å². The molecule has 0 spiro atoms. The number of pyridine rings is 1. The predicted molar refractivity (Wildman–Crippen MR) is 92.6 cm³/mol. The van der Waals surface area contributed by atoms with Gasteiger partial charge in [-0.05, 0) is 18.6 Å². The van der Waals surface area contributed by atoms with E-state index < -0.39 is 23.7 Å².